The van der Waals surface area contributed by atoms with Gasteiger partial charge in [0.1, 0.15) is 0 Å². The fourth-order valence-electron chi connectivity index (χ4n) is 7.06. The lowest BCUT2D eigenvalue weighted by Crippen LogP contribution is -2.58. The standard InChI is InChI=1S/3C11H21NO2.H3N/c3*1-9(13)14-12-10(2,3)7-6-8-11(12,4)5;/h3*6-8H2,1-5H3;1H3. The third kappa shape index (κ3) is 11.9. The van der Waals surface area contributed by atoms with E-state index in [-0.39, 0.29) is 57.3 Å². The Morgan fingerprint density at radius 3 is 0.651 bits per heavy atom. The summed E-state index contributed by atoms with van der Waals surface area (Å²) in [4.78, 5) is 49.0. The second-order valence-electron chi connectivity index (χ2n) is 16.1. The zero-order valence-corrected chi connectivity index (χ0v) is 30.4. The van der Waals surface area contributed by atoms with Gasteiger partial charge in [-0.3, -0.25) is 14.4 Å². The van der Waals surface area contributed by atoms with Crippen LogP contribution in [0.5, 0.6) is 0 Å². The summed E-state index contributed by atoms with van der Waals surface area (Å²) in [5.74, 6) is -0.686. The fourth-order valence-corrected chi connectivity index (χ4v) is 7.06. The molecule has 3 N–H and O–H groups in total. The summed E-state index contributed by atoms with van der Waals surface area (Å²) < 4.78 is 0. The Hall–Kier alpha value is -1.75. The molecule has 3 aliphatic rings. The van der Waals surface area contributed by atoms with Crippen LogP contribution in [0.4, 0.5) is 0 Å². The van der Waals surface area contributed by atoms with E-state index >= 15 is 0 Å². The molecule has 3 rings (SSSR count). The smallest absolute Gasteiger partial charge is 0.322 e. The topological polar surface area (TPSA) is 124 Å². The van der Waals surface area contributed by atoms with Gasteiger partial charge >= 0.3 is 17.9 Å². The predicted molar refractivity (Wildman–Crippen MR) is 172 cm³/mol. The van der Waals surface area contributed by atoms with Crippen molar-refractivity contribution in [2.45, 2.75) is 195 Å². The molecule has 0 aromatic carbocycles. The zero-order chi connectivity index (χ0) is 32.9. The molecule has 0 radical (unpaired) electrons. The average molecular weight is 615 g/mol. The molecule has 3 saturated heterocycles. The lowest BCUT2D eigenvalue weighted by molar-refractivity contribution is -0.264. The van der Waals surface area contributed by atoms with Gasteiger partial charge in [0.15, 0.2) is 0 Å². The maximum Gasteiger partial charge on any atom is 0.322 e. The van der Waals surface area contributed by atoms with Crippen LogP contribution in [0.25, 0.3) is 0 Å². The van der Waals surface area contributed by atoms with Crippen LogP contribution in [0, 0.1) is 0 Å². The Bertz CT molecular complexity index is 775. The first-order chi connectivity index (χ1) is 18.8. The van der Waals surface area contributed by atoms with Gasteiger partial charge in [0.2, 0.25) is 0 Å². The Morgan fingerprint density at radius 2 is 0.535 bits per heavy atom. The minimum Gasteiger partial charge on any atom is -0.367 e. The Morgan fingerprint density at radius 1 is 0.395 bits per heavy atom. The summed E-state index contributed by atoms with van der Waals surface area (Å²) >= 11 is 0. The predicted octanol–water partition coefficient (Wildman–Crippen LogP) is 7.68. The molecule has 10 nitrogen and oxygen atoms in total. The fraction of sp³-hybridized carbons (Fsp3) is 0.909. The van der Waals surface area contributed by atoms with Crippen LogP contribution in [0.15, 0.2) is 0 Å². The molecule has 254 valence electrons. The highest BCUT2D eigenvalue weighted by atomic mass is 16.7. The molecule has 0 atom stereocenters. The van der Waals surface area contributed by atoms with Crippen LogP contribution >= 0.6 is 0 Å². The van der Waals surface area contributed by atoms with E-state index in [0.29, 0.717) is 0 Å². The van der Waals surface area contributed by atoms with Gasteiger partial charge in [-0.1, -0.05) is 0 Å². The molecule has 0 amide bonds. The van der Waals surface area contributed by atoms with E-state index in [1.54, 1.807) is 0 Å². The third-order valence-electron chi connectivity index (χ3n) is 8.69. The summed E-state index contributed by atoms with van der Waals surface area (Å²) in [6, 6.07) is 0. The largest absolute Gasteiger partial charge is 0.367 e. The van der Waals surface area contributed by atoms with E-state index in [9.17, 15) is 14.4 Å². The molecule has 0 saturated carbocycles. The van der Waals surface area contributed by atoms with Gasteiger partial charge in [-0.2, -0.15) is 0 Å². The molecular formula is C33H66N4O6. The lowest BCUT2D eigenvalue weighted by atomic mass is 9.82. The van der Waals surface area contributed by atoms with Crippen molar-refractivity contribution < 1.29 is 28.9 Å². The molecule has 3 heterocycles. The van der Waals surface area contributed by atoms with E-state index < -0.39 is 0 Å². The summed E-state index contributed by atoms with van der Waals surface area (Å²) in [6.07, 6.45) is 10.0. The summed E-state index contributed by atoms with van der Waals surface area (Å²) in [5, 5.41) is 5.60. The minimum absolute atomic E-state index is 0. The number of hydroxylamine groups is 6. The highest BCUT2D eigenvalue weighted by Crippen LogP contribution is 2.40. The highest BCUT2D eigenvalue weighted by Gasteiger charge is 2.46. The van der Waals surface area contributed by atoms with Gasteiger partial charge in [0, 0.05) is 20.8 Å². The van der Waals surface area contributed by atoms with E-state index in [2.05, 4.69) is 83.1 Å². The third-order valence-corrected chi connectivity index (χ3v) is 8.69. The van der Waals surface area contributed by atoms with Gasteiger partial charge in [-0.15, -0.1) is 15.2 Å². The van der Waals surface area contributed by atoms with Crippen LogP contribution in [-0.2, 0) is 28.9 Å². The molecule has 0 bridgehead atoms. The van der Waals surface area contributed by atoms with E-state index in [0.717, 1.165) is 38.5 Å². The van der Waals surface area contributed by atoms with Crippen molar-refractivity contribution >= 4 is 17.9 Å². The Kier molecular flexibility index (Phi) is 14.4. The number of hydrogen-bond donors (Lipinski definition) is 1. The number of carbonyl (C=O) groups is 3. The average Bonchev–Trinajstić information content (AvgIpc) is 2.76. The number of hydrogen-bond acceptors (Lipinski definition) is 10. The van der Waals surface area contributed by atoms with Crippen LogP contribution in [0.3, 0.4) is 0 Å². The second kappa shape index (κ2) is 15.0. The van der Waals surface area contributed by atoms with Crippen molar-refractivity contribution in [2.75, 3.05) is 0 Å². The Balaban J connectivity index is 0.000000608. The van der Waals surface area contributed by atoms with Gasteiger partial charge in [0.05, 0.1) is 33.2 Å². The van der Waals surface area contributed by atoms with Crippen LogP contribution < -0.4 is 6.15 Å². The molecule has 0 aromatic rings. The summed E-state index contributed by atoms with van der Waals surface area (Å²) in [7, 11) is 0. The highest BCUT2D eigenvalue weighted by molar-refractivity contribution is 5.66. The van der Waals surface area contributed by atoms with Gasteiger partial charge < -0.3 is 20.7 Å². The first-order valence-electron chi connectivity index (χ1n) is 15.7. The van der Waals surface area contributed by atoms with Crippen molar-refractivity contribution in [3.63, 3.8) is 0 Å². The monoisotopic (exact) mass is 614 g/mol. The molecular weight excluding hydrogens is 548 g/mol. The maximum atomic E-state index is 11.0. The Labute approximate surface area is 263 Å². The lowest BCUT2D eigenvalue weighted by Gasteiger charge is -2.50. The molecule has 10 heteroatoms. The van der Waals surface area contributed by atoms with E-state index in [4.69, 9.17) is 14.5 Å². The van der Waals surface area contributed by atoms with Crippen molar-refractivity contribution in [3.8, 4) is 0 Å². The minimum atomic E-state index is -0.229. The first kappa shape index (κ1) is 41.2. The second-order valence-corrected chi connectivity index (χ2v) is 16.1. The van der Waals surface area contributed by atoms with Crippen LogP contribution in [-0.4, -0.2) is 66.3 Å². The van der Waals surface area contributed by atoms with Crippen molar-refractivity contribution in [1.82, 2.24) is 21.3 Å². The van der Waals surface area contributed by atoms with Crippen molar-refractivity contribution in [2.24, 2.45) is 0 Å². The van der Waals surface area contributed by atoms with E-state index in [1.165, 1.54) is 40.0 Å². The van der Waals surface area contributed by atoms with Gasteiger partial charge in [0.25, 0.3) is 0 Å². The van der Waals surface area contributed by atoms with Gasteiger partial charge in [-0.05, 0) is 141 Å². The maximum absolute atomic E-state index is 11.0. The number of rotatable bonds is 3. The molecule has 3 fully saturated rings. The molecule has 43 heavy (non-hydrogen) atoms. The number of carbonyl (C=O) groups excluding carboxylic acids is 3. The SMILES string of the molecule is CC(=O)ON1C(C)(C)CCCC1(C)C.CC(=O)ON1C(C)(C)CCCC1(C)C.CC(=O)ON1C(C)(C)CCCC1(C)C.N. The summed E-state index contributed by atoms with van der Waals surface area (Å²) in [5.41, 5.74) is -0.289. The molecule has 3 aliphatic heterocycles. The molecule has 0 unspecified atom stereocenters. The first-order valence-corrected chi connectivity index (χ1v) is 15.7. The quantitative estimate of drug-likeness (QED) is 0.338. The number of piperidine rings is 3. The van der Waals surface area contributed by atoms with Crippen molar-refractivity contribution in [3.05, 3.63) is 0 Å². The summed E-state index contributed by atoms with van der Waals surface area (Å²) in [6.45, 7) is 29.8. The van der Waals surface area contributed by atoms with E-state index in [1.807, 2.05) is 15.2 Å². The number of nitrogens with zero attached hydrogens (tertiary/aromatic N) is 3. The van der Waals surface area contributed by atoms with Crippen LogP contribution in [0.1, 0.15) is 162 Å². The molecule has 0 aromatic heterocycles. The van der Waals surface area contributed by atoms with Crippen molar-refractivity contribution in [1.29, 1.82) is 0 Å². The molecule has 0 spiro atoms. The van der Waals surface area contributed by atoms with Gasteiger partial charge in [-0.25, -0.2) is 0 Å². The zero-order valence-electron chi connectivity index (χ0n) is 30.4. The molecule has 0 aliphatic carbocycles. The van der Waals surface area contributed by atoms with Crippen LogP contribution in [0.2, 0.25) is 0 Å². The normalized spacial score (nSPS) is 25.2.